The molecule has 2 aromatic rings. The van der Waals surface area contributed by atoms with Crippen molar-refractivity contribution in [3.8, 4) is 5.75 Å². The van der Waals surface area contributed by atoms with Crippen LogP contribution in [0, 0.1) is 0 Å². The summed E-state index contributed by atoms with van der Waals surface area (Å²) in [6.45, 7) is 2.19. The SMILES string of the molecule is COc1ccccc1CC(C)N(C)c1ccc(Br)cn1. The van der Waals surface area contributed by atoms with Crippen LogP contribution in [-0.2, 0) is 6.42 Å². The minimum absolute atomic E-state index is 0.333. The molecule has 0 radical (unpaired) electrons. The van der Waals surface area contributed by atoms with Crippen LogP contribution in [0.5, 0.6) is 5.75 Å². The summed E-state index contributed by atoms with van der Waals surface area (Å²) in [7, 11) is 3.78. The summed E-state index contributed by atoms with van der Waals surface area (Å²) in [6, 6.07) is 12.5. The van der Waals surface area contributed by atoms with E-state index in [0.29, 0.717) is 6.04 Å². The van der Waals surface area contributed by atoms with Crippen LogP contribution in [0.1, 0.15) is 12.5 Å². The summed E-state index contributed by atoms with van der Waals surface area (Å²) in [5, 5.41) is 0. The number of rotatable bonds is 5. The Morgan fingerprint density at radius 1 is 1.25 bits per heavy atom. The van der Waals surface area contributed by atoms with E-state index in [-0.39, 0.29) is 0 Å². The normalized spacial score (nSPS) is 12.0. The molecule has 0 aliphatic rings. The van der Waals surface area contributed by atoms with Crippen molar-refractivity contribution in [2.24, 2.45) is 0 Å². The lowest BCUT2D eigenvalue weighted by Gasteiger charge is -2.26. The minimum Gasteiger partial charge on any atom is -0.496 e. The Labute approximate surface area is 128 Å². The van der Waals surface area contributed by atoms with Gasteiger partial charge in [0.05, 0.1) is 7.11 Å². The highest BCUT2D eigenvalue weighted by molar-refractivity contribution is 9.10. The number of benzene rings is 1. The standard InChI is InChI=1S/C16H19BrN2O/c1-12(10-13-6-4-5-7-15(13)20-3)19(2)16-9-8-14(17)11-18-16/h4-9,11-12H,10H2,1-3H3. The fourth-order valence-corrected chi connectivity index (χ4v) is 2.36. The molecule has 20 heavy (non-hydrogen) atoms. The van der Waals surface area contributed by atoms with Crippen molar-refractivity contribution in [1.82, 2.24) is 4.98 Å². The Balaban J connectivity index is 2.11. The van der Waals surface area contributed by atoms with Crippen LogP contribution in [0.2, 0.25) is 0 Å². The van der Waals surface area contributed by atoms with Crippen molar-refractivity contribution in [3.63, 3.8) is 0 Å². The monoisotopic (exact) mass is 334 g/mol. The molecule has 0 amide bonds. The van der Waals surface area contributed by atoms with Crippen molar-refractivity contribution < 1.29 is 4.74 Å². The van der Waals surface area contributed by atoms with Crippen LogP contribution < -0.4 is 9.64 Å². The Hall–Kier alpha value is -1.55. The predicted molar refractivity (Wildman–Crippen MR) is 86.5 cm³/mol. The second-order valence-electron chi connectivity index (χ2n) is 4.81. The molecule has 0 N–H and O–H groups in total. The molecule has 0 saturated carbocycles. The number of pyridine rings is 1. The number of likely N-dealkylation sites (N-methyl/N-ethyl adjacent to an activating group) is 1. The molecule has 106 valence electrons. The van der Waals surface area contributed by atoms with Crippen LogP contribution in [0.25, 0.3) is 0 Å². The number of hydrogen-bond donors (Lipinski definition) is 0. The van der Waals surface area contributed by atoms with Crippen molar-refractivity contribution in [2.75, 3.05) is 19.1 Å². The van der Waals surface area contributed by atoms with E-state index in [1.807, 2.05) is 36.5 Å². The zero-order chi connectivity index (χ0) is 14.5. The van der Waals surface area contributed by atoms with Crippen LogP contribution >= 0.6 is 15.9 Å². The van der Waals surface area contributed by atoms with Gasteiger partial charge in [-0.25, -0.2) is 4.98 Å². The summed E-state index contributed by atoms with van der Waals surface area (Å²) in [5.74, 6) is 1.91. The topological polar surface area (TPSA) is 25.4 Å². The van der Waals surface area contributed by atoms with Crippen molar-refractivity contribution in [3.05, 3.63) is 52.6 Å². The summed E-state index contributed by atoms with van der Waals surface area (Å²) in [4.78, 5) is 6.61. The van der Waals surface area contributed by atoms with Crippen molar-refractivity contribution in [2.45, 2.75) is 19.4 Å². The maximum absolute atomic E-state index is 5.41. The average Bonchev–Trinajstić information content (AvgIpc) is 2.48. The number of hydrogen-bond acceptors (Lipinski definition) is 3. The Morgan fingerprint density at radius 2 is 2.00 bits per heavy atom. The molecule has 0 fully saturated rings. The van der Waals surface area contributed by atoms with E-state index >= 15 is 0 Å². The van der Waals surface area contributed by atoms with Gasteiger partial charge >= 0.3 is 0 Å². The number of nitrogens with zero attached hydrogens (tertiary/aromatic N) is 2. The lowest BCUT2D eigenvalue weighted by atomic mass is 10.1. The van der Waals surface area contributed by atoms with Crippen LogP contribution in [0.15, 0.2) is 47.1 Å². The third kappa shape index (κ3) is 3.51. The van der Waals surface area contributed by atoms with E-state index in [1.165, 1.54) is 5.56 Å². The molecular formula is C16H19BrN2O. The van der Waals surface area contributed by atoms with Crippen molar-refractivity contribution in [1.29, 1.82) is 0 Å². The van der Waals surface area contributed by atoms with E-state index in [0.717, 1.165) is 22.5 Å². The molecule has 0 saturated heterocycles. The number of halogens is 1. The maximum atomic E-state index is 5.41. The smallest absolute Gasteiger partial charge is 0.128 e. The van der Waals surface area contributed by atoms with Gasteiger partial charge < -0.3 is 9.64 Å². The molecule has 2 rings (SSSR count). The second kappa shape index (κ2) is 6.75. The number of aromatic nitrogens is 1. The molecule has 3 nitrogen and oxygen atoms in total. The largest absolute Gasteiger partial charge is 0.496 e. The van der Waals surface area contributed by atoms with Crippen LogP contribution in [-0.4, -0.2) is 25.2 Å². The van der Waals surface area contributed by atoms with Gasteiger partial charge in [0.2, 0.25) is 0 Å². The van der Waals surface area contributed by atoms with Crippen LogP contribution in [0.4, 0.5) is 5.82 Å². The molecular weight excluding hydrogens is 316 g/mol. The number of methoxy groups -OCH3 is 1. The van der Waals surface area contributed by atoms with Gasteiger partial charge in [-0.1, -0.05) is 18.2 Å². The molecule has 0 bridgehead atoms. The first-order valence-electron chi connectivity index (χ1n) is 6.58. The summed E-state index contributed by atoms with van der Waals surface area (Å²) < 4.78 is 6.40. The van der Waals surface area contributed by atoms with Gasteiger partial charge in [0, 0.05) is 23.8 Å². The van der Waals surface area contributed by atoms with Crippen LogP contribution in [0.3, 0.4) is 0 Å². The van der Waals surface area contributed by atoms with Gasteiger partial charge in [0.1, 0.15) is 11.6 Å². The molecule has 1 heterocycles. The molecule has 0 spiro atoms. The fraction of sp³-hybridized carbons (Fsp3) is 0.312. The van der Waals surface area contributed by atoms with Gasteiger partial charge in [-0.05, 0) is 53.0 Å². The predicted octanol–water partition coefficient (Wildman–Crippen LogP) is 3.92. The molecule has 0 aliphatic carbocycles. The third-order valence-corrected chi connectivity index (χ3v) is 3.91. The zero-order valence-electron chi connectivity index (χ0n) is 12.0. The summed E-state index contributed by atoms with van der Waals surface area (Å²) >= 11 is 3.41. The van der Waals surface area contributed by atoms with Gasteiger partial charge in [-0.3, -0.25) is 0 Å². The highest BCUT2D eigenvalue weighted by Crippen LogP contribution is 2.22. The number of anilines is 1. The van der Waals surface area contributed by atoms with Crippen molar-refractivity contribution >= 4 is 21.7 Å². The second-order valence-corrected chi connectivity index (χ2v) is 5.73. The minimum atomic E-state index is 0.333. The quantitative estimate of drug-likeness (QED) is 0.828. The lowest BCUT2D eigenvalue weighted by Crippen LogP contribution is -2.31. The Kier molecular flexibility index (Phi) is 5.01. The van der Waals surface area contributed by atoms with Gasteiger partial charge in [0.15, 0.2) is 0 Å². The first-order valence-corrected chi connectivity index (χ1v) is 7.37. The molecule has 1 unspecified atom stereocenters. The highest BCUT2D eigenvalue weighted by Gasteiger charge is 2.14. The third-order valence-electron chi connectivity index (χ3n) is 3.44. The zero-order valence-corrected chi connectivity index (χ0v) is 13.6. The molecule has 0 aliphatic heterocycles. The summed E-state index contributed by atoms with van der Waals surface area (Å²) in [6.07, 6.45) is 2.74. The van der Waals surface area contributed by atoms with E-state index in [2.05, 4.69) is 45.9 Å². The summed E-state index contributed by atoms with van der Waals surface area (Å²) in [5.41, 5.74) is 1.21. The highest BCUT2D eigenvalue weighted by atomic mass is 79.9. The Bertz CT molecular complexity index is 557. The van der Waals surface area contributed by atoms with Gasteiger partial charge in [-0.15, -0.1) is 0 Å². The fourth-order valence-electron chi connectivity index (χ4n) is 2.13. The first-order chi connectivity index (χ1) is 9.61. The number of para-hydroxylation sites is 1. The van der Waals surface area contributed by atoms with E-state index in [1.54, 1.807) is 7.11 Å². The van der Waals surface area contributed by atoms with Gasteiger partial charge in [-0.2, -0.15) is 0 Å². The average molecular weight is 335 g/mol. The van der Waals surface area contributed by atoms with Gasteiger partial charge in [0.25, 0.3) is 0 Å². The van der Waals surface area contributed by atoms with E-state index < -0.39 is 0 Å². The van der Waals surface area contributed by atoms with E-state index in [9.17, 15) is 0 Å². The maximum Gasteiger partial charge on any atom is 0.128 e. The first kappa shape index (κ1) is 14.9. The number of ether oxygens (including phenoxy) is 1. The molecule has 4 heteroatoms. The molecule has 1 aromatic heterocycles. The van der Waals surface area contributed by atoms with E-state index in [4.69, 9.17) is 4.74 Å². The Morgan fingerprint density at radius 3 is 2.65 bits per heavy atom. The molecule has 1 aromatic carbocycles. The lowest BCUT2D eigenvalue weighted by molar-refractivity contribution is 0.408. The molecule has 1 atom stereocenters.